The number of rotatable bonds is 9. The fraction of sp³-hybridized carbons (Fsp3) is 0.308. The van der Waals surface area contributed by atoms with Crippen molar-refractivity contribution in [2.75, 3.05) is 12.9 Å². The van der Waals surface area contributed by atoms with E-state index in [-0.39, 0.29) is 6.10 Å². The Morgan fingerprint density at radius 2 is 1.76 bits per heavy atom. The Kier molecular flexibility index (Phi) is 7.24. The van der Waals surface area contributed by atoms with Crippen LogP contribution >= 0.6 is 23.1 Å². The van der Waals surface area contributed by atoms with Gasteiger partial charge in [-0.1, -0.05) is 60.7 Å². The van der Waals surface area contributed by atoms with E-state index in [1.807, 2.05) is 72.3 Å². The van der Waals surface area contributed by atoms with Crippen LogP contribution in [0.25, 0.3) is 10.9 Å². The Morgan fingerprint density at radius 1 is 1.06 bits per heavy atom. The summed E-state index contributed by atoms with van der Waals surface area (Å²) >= 11 is 2.98. The lowest BCUT2D eigenvalue weighted by atomic mass is 10.0. The van der Waals surface area contributed by atoms with Crippen LogP contribution in [-0.4, -0.2) is 40.1 Å². The molecule has 8 heteroatoms. The smallest absolute Gasteiger partial charge is 0.231 e. The van der Waals surface area contributed by atoms with Crippen molar-refractivity contribution in [1.29, 1.82) is 0 Å². The van der Waals surface area contributed by atoms with Gasteiger partial charge in [0.05, 0.1) is 36.3 Å². The van der Waals surface area contributed by atoms with E-state index >= 15 is 0 Å². The molecule has 3 atom stereocenters. The summed E-state index contributed by atoms with van der Waals surface area (Å²) in [6.45, 7) is 1.22. The Bertz CT molecular complexity index is 1220. The van der Waals surface area contributed by atoms with E-state index < -0.39 is 11.9 Å². The van der Waals surface area contributed by atoms with Crippen LogP contribution in [0.3, 0.4) is 0 Å². The fourth-order valence-corrected chi connectivity index (χ4v) is 5.85. The van der Waals surface area contributed by atoms with E-state index in [2.05, 4.69) is 9.97 Å². The zero-order valence-corrected chi connectivity index (χ0v) is 20.4. The molecule has 1 unspecified atom stereocenters. The molecule has 1 aliphatic heterocycles. The highest BCUT2D eigenvalue weighted by molar-refractivity contribution is 7.98. The van der Waals surface area contributed by atoms with Crippen LogP contribution in [0.5, 0.6) is 0 Å². The first kappa shape index (κ1) is 23.4. The molecule has 34 heavy (non-hydrogen) atoms. The molecule has 0 spiro atoms. The van der Waals surface area contributed by atoms with Crippen molar-refractivity contribution < 1.29 is 19.3 Å². The fourth-order valence-electron chi connectivity index (χ4n) is 4.17. The molecule has 2 aromatic heterocycles. The zero-order valence-electron chi connectivity index (χ0n) is 18.8. The first-order chi connectivity index (χ1) is 16.7. The van der Waals surface area contributed by atoms with E-state index in [4.69, 9.17) is 14.2 Å². The molecule has 1 aliphatic rings. The Labute approximate surface area is 206 Å². The van der Waals surface area contributed by atoms with Gasteiger partial charge in [0.1, 0.15) is 17.5 Å². The molecular weight excluding hydrogens is 468 g/mol. The van der Waals surface area contributed by atoms with Gasteiger partial charge >= 0.3 is 0 Å². The van der Waals surface area contributed by atoms with Crippen molar-refractivity contribution in [3.05, 3.63) is 88.4 Å². The summed E-state index contributed by atoms with van der Waals surface area (Å²) in [5.41, 5.74) is 2.83. The summed E-state index contributed by atoms with van der Waals surface area (Å²) in [6.07, 6.45) is 3.15. The maximum atomic E-state index is 11.9. The molecule has 4 aromatic rings. The molecule has 1 N–H and O–H groups in total. The van der Waals surface area contributed by atoms with E-state index in [1.54, 1.807) is 11.8 Å². The summed E-state index contributed by atoms with van der Waals surface area (Å²) in [5.74, 6) is -1.62. The standard InChI is InChI=1S/C26H26N2O4S2/c1-33-25-21-16-34-24(23(21)27-17-28-25)26(29)22(31-14-19-10-6-3-7-11-19)12-20(32-26)15-30-13-18-8-4-2-5-9-18/h2-11,16-17,20,22,29H,12-15H2,1H3/t20-,22+,26?/m0/s1. The van der Waals surface area contributed by atoms with Crippen LogP contribution in [0.4, 0.5) is 0 Å². The van der Waals surface area contributed by atoms with E-state index in [0.29, 0.717) is 36.6 Å². The summed E-state index contributed by atoms with van der Waals surface area (Å²) in [5, 5.41) is 15.6. The summed E-state index contributed by atoms with van der Waals surface area (Å²) < 4.78 is 18.5. The SMILES string of the molecule is CSc1ncnc2c(C3(O)O[C@H](COCc4ccccc4)C[C@H]3OCc3ccccc3)scc12. The topological polar surface area (TPSA) is 73.7 Å². The van der Waals surface area contributed by atoms with Gasteiger partial charge in [-0.05, 0) is 17.4 Å². The van der Waals surface area contributed by atoms with Crippen LogP contribution < -0.4 is 0 Å². The third-order valence-corrected chi connectivity index (χ3v) is 7.63. The normalized spacial score (nSPS) is 22.4. The van der Waals surface area contributed by atoms with Gasteiger partial charge in [-0.25, -0.2) is 9.97 Å². The molecule has 0 radical (unpaired) electrons. The highest BCUT2D eigenvalue weighted by atomic mass is 32.2. The average molecular weight is 495 g/mol. The third kappa shape index (κ3) is 4.88. The highest BCUT2D eigenvalue weighted by Gasteiger charge is 2.52. The summed E-state index contributed by atoms with van der Waals surface area (Å²) in [6, 6.07) is 20.0. The molecule has 1 fully saturated rings. The van der Waals surface area contributed by atoms with Crippen molar-refractivity contribution in [2.45, 2.75) is 42.7 Å². The molecular formula is C26H26N2O4S2. The summed E-state index contributed by atoms with van der Waals surface area (Å²) in [4.78, 5) is 9.47. The lowest BCUT2D eigenvalue weighted by molar-refractivity contribution is -0.249. The van der Waals surface area contributed by atoms with Crippen LogP contribution in [0, 0.1) is 0 Å². The zero-order chi connectivity index (χ0) is 23.4. The maximum absolute atomic E-state index is 11.9. The Hall–Kier alpha value is -2.33. The van der Waals surface area contributed by atoms with Crippen molar-refractivity contribution in [3.8, 4) is 0 Å². The summed E-state index contributed by atoms with van der Waals surface area (Å²) in [7, 11) is 0. The molecule has 0 saturated carbocycles. The Balaban J connectivity index is 1.37. The van der Waals surface area contributed by atoms with Crippen LogP contribution in [0.15, 0.2) is 77.4 Å². The number of hydrogen-bond acceptors (Lipinski definition) is 8. The monoisotopic (exact) mass is 494 g/mol. The average Bonchev–Trinajstić information content (AvgIpc) is 3.46. The minimum atomic E-state index is -1.62. The van der Waals surface area contributed by atoms with Crippen molar-refractivity contribution in [2.24, 2.45) is 0 Å². The van der Waals surface area contributed by atoms with E-state index in [9.17, 15) is 5.11 Å². The minimum absolute atomic E-state index is 0.312. The maximum Gasteiger partial charge on any atom is 0.231 e. The Morgan fingerprint density at radius 3 is 2.47 bits per heavy atom. The molecule has 5 rings (SSSR count). The van der Waals surface area contributed by atoms with Crippen molar-refractivity contribution >= 4 is 34.0 Å². The molecule has 0 aliphatic carbocycles. The quantitative estimate of drug-likeness (QED) is 0.255. The molecule has 3 heterocycles. The first-order valence-corrected chi connectivity index (χ1v) is 13.2. The number of thiophene rings is 1. The number of fused-ring (bicyclic) bond motifs is 1. The number of thioether (sulfide) groups is 1. The number of hydrogen-bond donors (Lipinski definition) is 1. The van der Waals surface area contributed by atoms with Gasteiger partial charge < -0.3 is 19.3 Å². The van der Waals surface area contributed by atoms with Gasteiger partial charge in [-0.15, -0.1) is 23.1 Å². The number of aromatic nitrogens is 2. The second-order valence-corrected chi connectivity index (χ2v) is 9.84. The minimum Gasteiger partial charge on any atom is -0.374 e. The van der Waals surface area contributed by atoms with Gasteiger partial charge in [0.25, 0.3) is 0 Å². The third-order valence-electron chi connectivity index (χ3n) is 5.84. The molecule has 0 amide bonds. The predicted molar refractivity (Wildman–Crippen MR) is 134 cm³/mol. The van der Waals surface area contributed by atoms with Gasteiger partial charge in [-0.3, -0.25) is 0 Å². The molecule has 6 nitrogen and oxygen atoms in total. The number of nitrogens with zero attached hydrogens (tertiary/aromatic N) is 2. The highest BCUT2D eigenvalue weighted by Crippen LogP contribution is 2.45. The molecule has 176 valence electrons. The number of aliphatic hydroxyl groups is 1. The lowest BCUT2D eigenvalue weighted by Crippen LogP contribution is -2.37. The van der Waals surface area contributed by atoms with Gasteiger partial charge in [0, 0.05) is 17.2 Å². The van der Waals surface area contributed by atoms with Gasteiger partial charge in [0.15, 0.2) is 0 Å². The van der Waals surface area contributed by atoms with Crippen molar-refractivity contribution in [1.82, 2.24) is 9.97 Å². The second-order valence-electron chi connectivity index (χ2n) is 8.17. The van der Waals surface area contributed by atoms with Crippen LogP contribution in [0.2, 0.25) is 0 Å². The lowest BCUT2D eigenvalue weighted by Gasteiger charge is -2.28. The number of ether oxygens (including phenoxy) is 3. The van der Waals surface area contributed by atoms with Gasteiger partial charge in [-0.2, -0.15) is 0 Å². The predicted octanol–water partition coefficient (Wildman–Crippen LogP) is 5.15. The van der Waals surface area contributed by atoms with Crippen molar-refractivity contribution in [3.63, 3.8) is 0 Å². The molecule has 2 aromatic carbocycles. The largest absolute Gasteiger partial charge is 0.374 e. The van der Waals surface area contributed by atoms with Crippen LogP contribution in [0.1, 0.15) is 22.4 Å². The first-order valence-electron chi connectivity index (χ1n) is 11.1. The van der Waals surface area contributed by atoms with E-state index in [0.717, 1.165) is 21.5 Å². The van der Waals surface area contributed by atoms with Gasteiger partial charge in [0.2, 0.25) is 5.79 Å². The second kappa shape index (κ2) is 10.5. The van der Waals surface area contributed by atoms with E-state index in [1.165, 1.54) is 17.7 Å². The molecule has 0 bridgehead atoms. The molecule has 1 saturated heterocycles. The van der Waals surface area contributed by atoms with Crippen LogP contribution in [-0.2, 0) is 33.2 Å². The number of benzene rings is 2.